The van der Waals surface area contributed by atoms with Crippen LogP contribution in [0.3, 0.4) is 0 Å². The normalized spacial score (nSPS) is 8.83. The lowest BCUT2D eigenvalue weighted by atomic mass is 10.3. The van der Waals surface area contributed by atoms with E-state index < -0.39 is 0 Å². The molecule has 1 rings (SSSR count). The summed E-state index contributed by atoms with van der Waals surface area (Å²) in [6.07, 6.45) is 0. The van der Waals surface area contributed by atoms with Gasteiger partial charge in [-0.2, -0.15) is 4.99 Å². The molecule has 0 radical (unpaired) electrons. The van der Waals surface area contributed by atoms with Crippen LogP contribution in [-0.2, 0) is 0 Å². The van der Waals surface area contributed by atoms with Gasteiger partial charge in [-0.3, -0.25) is 0 Å². The van der Waals surface area contributed by atoms with Gasteiger partial charge in [-0.1, -0.05) is 15.9 Å². The van der Waals surface area contributed by atoms with E-state index in [1.54, 1.807) is 7.11 Å². The molecule has 0 aliphatic heterocycles. The van der Waals surface area contributed by atoms with Crippen molar-refractivity contribution in [2.75, 3.05) is 7.11 Å². The molecule has 0 heterocycles. The van der Waals surface area contributed by atoms with Crippen molar-refractivity contribution in [1.29, 1.82) is 0 Å². The smallest absolute Gasteiger partial charge is 0.146 e. The van der Waals surface area contributed by atoms with Crippen LogP contribution in [0.1, 0.15) is 0 Å². The van der Waals surface area contributed by atoms with Crippen LogP contribution in [0.2, 0.25) is 0 Å². The number of thiocarbonyl (C=S) groups is 1. The van der Waals surface area contributed by atoms with Gasteiger partial charge in [-0.25, -0.2) is 0 Å². The fourth-order valence-corrected chi connectivity index (χ4v) is 1.23. The van der Waals surface area contributed by atoms with Gasteiger partial charge >= 0.3 is 0 Å². The number of isothiocyanates is 1. The van der Waals surface area contributed by atoms with Crippen LogP contribution in [0, 0.1) is 0 Å². The predicted octanol–water partition coefficient (Wildman–Crippen LogP) is 3.19. The quantitative estimate of drug-likeness (QED) is 0.588. The molecule has 0 fully saturated rings. The van der Waals surface area contributed by atoms with E-state index in [0.29, 0.717) is 11.4 Å². The summed E-state index contributed by atoms with van der Waals surface area (Å²) in [4.78, 5) is 3.84. The number of benzene rings is 1. The molecule has 0 spiro atoms. The Bertz CT molecular complexity index is 334. The molecule has 0 N–H and O–H groups in total. The number of nitrogens with zero attached hydrogens (tertiary/aromatic N) is 1. The summed E-state index contributed by atoms with van der Waals surface area (Å²) in [6.45, 7) is 0. The van der Waals surface area contributed by atoms with E-state index in [0.717, 1.165) is 4.47 Å². The first kappa shape index (κ1) is 9.39. The van der Waals surface area contributed by atoms with E-state index in [2.05, 4.69) is 38.3 Å². The minimum atomic E-state index is 0.682. The largest absolute Gasteiger partial charge is 0.494 e. The Kier molecular flexibility index (Phi) is 3.41. The zero-order valence-electron chi connectivity index (χ0n) is 6.37. The lowest BCUT2D eigenvalue weighted by molar-refractivity contribution is 0.416. The zero-order valence-corrected chi connectivity index (χ0v) is 8.78. The van der Waals surface area contributed by atoms with Gasteiger partial charge in [0.25, 0.3) is 0 Å². The molecule has 0 saturated heterocycles. The molecule has 1 aromatic carbocycles. The molecule has 62 valence electrons. The Labute approximate surface area is 84.4 Å². The summed E-state index contributed by atoms with van der Waals surface area (Å²) >= 11 is 7.81. The molecular formula is C8H6BrNOS. The molecule has 0 aliphatic rings. The number of aliphatic imine (C=N–C) groups is 1. The molecule has 0 aromatic heterocycles. The van der Waals surface area contributed by atoms with Crippen molar-refractivity contribution in [3.8, 4) is 5.75 Å². The van der Waals surface area contributed by atoms with Gasteiger partial charge in [0.1, 0.15) is 11.4 Å². The van der Waals surface area contributed by atoms with Gasteiger partial charge in [0.2, 0.25) is 0 Å². The van der Waals surface area contributed by atoms with Gasteiger partial charge < -0.3 is 4.74 Å². The van der Waals surface area contributed by atoms with E-state index in [1.807, 2.05) is 18.2 Å². The Morgan fingerprint density at radius 2 is 2.33 bits per heavy atom. The van der Waals surface area contributed by atoms with Crippen molar-refractivity contribution in [3.05, 3.63) is 22.7 Å². The number of methoxy groups -OCH3 is 1. The number of hydrogen-bond donors (Lipinski definition) is 0. The predicted molar refractivity (Wildman–Crippen MR) is 55.4 cm³/mol. The number of halogens is 1. The third-order valence-corrected chi connectivity index (χ3v) is 1.89. The van der Waals surface area contributed by atoms with Gasteiger partial charge in [-0.05, 0) is 30.4 Å². The molecule has 0 unspecified atom stereocenters. The van der Waals surface area contributed by atoms with E-state index in [9.17, 15) is 0 Å². The van der Waals surface area contributed by atoms with Crippen LogP contribution >= 0.6 is 28.1 Å². The fraction of sp³-hybridized carbons (Fsp3) is 0.125. The molecular weight excluding hydrogens is 238 g/mol. The summed E-state index contributed by atoms with van der Waals surface area (Å²) < 4.78 is 6.02. The van der Waals surface area contributed by atoms with E-state index in [1.165, 1.54) is 0 Å². The summed E-state index contributed by atoms with van der Waals surface area (Å²) in [7, 11) is 1.59. The average Bonchev–Trinajstić information content (AvgIpc) is 2.08. The van der Waals surface area contributed by atoms with Crippen molar-refractivity contribution in [3.63, 3.8) is 0 Å². The van der Waals surface area contributed by atoms with Crippen LogP contribution in [0.15, 0.2) is 27.7 Å². The highest BCUT2D eigenvalue weighted by Gasteiger charge is 2.00. The molecule has 0 amide bonds. The summed E-state index contributed by atoms with van der Waals surface area (Å²) in [5, 5.41) is 2.29. The minimum Gasteiger partial charge on any atom is -0.494 e. The Hall–Kier alpha value is -0.700. The molecule has 0 saturated carbocycles. The van der Waals surface area contributed by atoms with Gasteiger partial charge in [-0.15, -0.1) is 0 Å². The Balaban J connectivity index is 3.19. The van der Waals surface area contributed by atoms with Crippen LogP contribution in [-0.4, -0.2) is 12.3 Å². The van der Waals surface area contributed by atoms with Crippen molar-refractivity contribution < 1.29 is 4.74 Å². The van der Waals surface area contributed by atoms with Crippen molar-refractivity contribution in [2.24, 2.45) is 4.99 Å². The summed E-state index contributed by atoms with van der Waals surface area (Å²) in [5.74, 6) is 0.682. The fourth-order valence-electron chi connectivity index (χ4n) is 0.793. The van der Waals surface area contributed by atoms with Gasteiger partial charge in [0, 0.05) is 4.47 Å². The summed E-state index contributed by atoms with van der Waals surface area (Å²) in [5.41, 5.74) is 0.690. The third kappa shape index (κ3) is 2.14. The van der Waals surface area contributed by atoms with Crippen LogP contribution in [0.5, 0.6) is 5.75 Å². The summed E-state index contributed by atoms with van der Waals surface area (Å²) in [6, 6.07) is 5.50. The SMILES string of the molecule is COc1cc(Br)ccc1N=C=S. The lowest BCUT2D eigenvalue weighted by Gasteiger charge is -2.02. The topological polar surface area (TPSA) is 21.6 Å². The van der Waals surface area contributed by atoms with E-state index >= 15 is 0 Å². The van der Waals surface area contributed by atoms with Crippen LogP contribution < -0.4 is 4.74 Å². The highest BCUT2D eigenvalue weighted by Crippen LogP contribution is 2.29. The Morgan fingerprint density at radius 3 is 2.92 bits per heavy atom. The second-order valence-electron chi connectivity index (χ2n) is 2.02. The first-order valence-corrected chi connectivity index (χ1v) is 4.39. The second kappa shape index (κ2) is 4.36. The average molecular weight is 244 g/mol. The van der Waals surface area contributed by atoms with Gasteiger partial charge in [0.05, 0.1) is 12.3 Å². The van der Waals surface area contributed by atoms with E-state index in [4.69, 9.17) is 4.74 Å². The maximum Gasteiger partial charge on any atom is 0.146 e. The Morgan fingerprint density at radius 1 is 1.58 bits per heavy atom. The maximum atomic E-state index is 5.07. The number of rotatable bonds is 2. The van der Waals surface area contributed by atoms with Gasteiger partial charge in [0.15, 0.2) is 0 Å². The standard InChI is InChI=1S/C8H6BrNOS/c1-11-8-4-6(9)2-3-7(8)10-5-12/h2-4H,1H3. The van der Waals surface area contributed by atoms with Crippen molar-refractivity contribution >= 4 is 39.0 Å². The monoisotopic (exact) mass is 243 g/mol. The number of hydrogen-bond acceptors (Lipinski definition) is 3. The zero-order chi connectivity index (χ0) is 8.97. The van der Waals surface area contributed by atoms with Crippen LogP contribution in [0.4, 0.5) is 5.69 Å². The minimum absolute atomic E-state index is 0.682. The van der Waals surface area contributed by atoms with Crippen molar-refractivity contribution in [1.82, 2.24) is 0 Å². The molecule has 0 bridgehead atoms. The molecule has 12 heavy (non-hydrogen) atoms. The maximum absolute atomic E-state index is 5.07. The first-order chi connectivity index (χ1) is 5.77. The first-order valence-electron chi connectivity index (χ1n) is 3.19. The second-order valence-corrected chi connectivity index (χ2v) is 3.12. The van der Waals surface area contributed by atoms with Crippen molar-refractivity contribution in [2.45, 2.75) is 0 Å². The number of ether oxygens (including phenoxy) is 1. The molecule has 0 atom stereocenters. The third-order valence-electron chi connectivity index (χ3n) is 1.31. The highest BCUT2D eigenvalue weighted by atomic mass is 79.9. The molecule has 1 aromatic rings. The molecule has 0 aliphatic carbocycles. The molecule has 4 heteroatoms. The van der Waals surface area contributed by atoms with Crippen LogP contribution in [0.25, 0.3) is 0 Å². The molecule has 2 nitrogen and oxygen atoms in total. The van der Waals surface area contributed by atoms with E-state index in [-0.39, 0.29) is 0 Å². The lowest BCUT2D eigenvalue weighted by Crippen LogP contribution is -1.82. The highest BCUT2D eigenvalue weighted by molar-refractivity contribution is 9.10.